The number of hydrogen-bond acceptors (Lipinski definition) is 4. The summed E-state index contributed by atoms with van der Waals surface area (Å²) in [5, 5.41) is 13.5. The number of nitrogens with one attached hydrogen (secondary N) is 1. The maximum absolute atomic E-state index is 9.40. The summed E-state index contributed by atoms with van der Waals surface area (Å²) in [6, 6.07) is 7.72. The van der Waals surface area contributed by atoms with Crippen molar-refractivity contribution in [3.05, 3.63) is 45.4 Å². The summed E-state index contributed by atoms with van der Waals surface area (Å²) in [5.41, 5.74) is 2.13. The molecule has 1 aromatic heterocycles. The summed E-state index contributed by atoms with van der Waals surface area (Å²) in [6.45, 7) is 2.00. The second-order valence-electron chi connectivity index (χ2n) is 3.70. The van der Waals surface area contributed by atoms with Gasteiger partial charge >= 0.3 is 0 Å². The SMILES string of the molecule is Cc1ccccc1NC(CO)c1ncc(Cl)s1. The highest BCUT2D eigenvalue weighted by molar-refractivity contribution is 7.15. The Balaban J connectivity index is 2.18. The molecule has 0 saturated carbocycles. The van der Waals surface area contributed by atoms with Crippen molar-refractivity contribution < 1.29 is 5.11 Å². The molecule has 1 atom stereocenters. The Morgan fingerprint density at radius 1 is 1.47 bits per heavy atom. The number of rotatable bonds is 4. The number of aryl methyl sites for hydroxylation is 1. The summed E-state index contributed by atoms with van der Waals surface area (Å²) in [7, 11) is 0. The van der Waals surface area contributed by atoms with Gasteiger partial charge in [-0.05, 0) is 18.6 Å². The molecule has 1 unspecified atom stereocenters. The minimum absolute atomic E-state index is 0.0157. The van der Waals surface area contributed by atoms with E-state index in [4.69, 9.17) is 11.6 Å². The van der Waals surface area contributed by atoms with Crippen LogP contribution in [-0.2, 0) is 0 Å². The average molecular weight is 269 g/mol. The monoisotopic (exact) mass is 268 g/mol. The predicted octanol–water partition coefficient (Wildman–Crippen LogP) is 3.25. The van der Waals surface area contributed by atoms with Gasteiger partial charge in [0.1, 0.15) is 15.4 Å². The van der Waals surface area contributed by atoms with Crippen molar-refractivity contribution >= 4 is 28.6 Å². The third-order valence-electron chi connectivity index (χ3n) is 2.45. The molecule has 2 aromatic rings. The highest BCUT2D eigenvalue weighted by atomic mass is 35.5. The highest BCUT2D eigenvalue weighted by Gasteiger charge is 2.14. The topological polar surface area (TPSA) is 45.1 Å². The highest BCUT2D eigenvalue weighted by Crippen LogP contribution is 2.27. The first-order valence-corrected chi connectivity index (χ1v) is 6.44. The van der Waals surface area contributed by atoms with Gasteiger partial charge in [0.25, 0.3) is 0 Å². The fourth-order valence-corrected chi connectivity index (χ4v) is 2.51. The van der Waals surface area contributed by atoms with Crippen molar-refractivity contribution in [2.24, 2.45) is 0 Å². The van der Waals surface area contributed by atoms with Crippen LogP contribution in [0.15, 0.2) is 30.5 Å². The molecule has 0 aliphatic rings. The zero-order valence-electron chi connectivity index (χ0n) is 9.35. The molecule has 0 spiro atoms. The zero-order valence-corrected chi connectivity index (χ0v) is 10.9. The molecule has 5 heteroatoms. The van der Waals surface area contributed by atoms with Crippen LogP contribution in [-0.4, -0.2) is 16.7 Å². The number of aliphatic hydroxyl groups excluding tert-OH is 1. The molecule has 0 amide bonds. The van der Waals surface area contributed by atoms with Crippen molar-refractivity contribution in [3.63, 3.8) is 0 Å². The molecule has 1 aromatic carbocycles. The number of nitrogens with zero attached hydrogens (tertiary/aromatic N) is 1. The number of hydrogen-bond donors (Lipinski definition) is 2. The fourth-order valence-electron chi connectivity index (χ4n) is 1.54. The van der Waals surface area contributed by atoms with Gasteiger partial charge in [0, 0.05) is 5.69 Å². The Kier molecular flexibility index (Phi) is 3.99. The molecular weight excluding hydrogens is 256 g/mol. The fraction of sp³-hybridized carbons (Fsp3) is 0.250. The largest absolute Gasteiger partial charge is 0.394 e. The molecule has 90 valence electrons. The molecule has 0 aliphatic carbocycles. The van der Waals surface area contributed by atoms with E-state index in [1.165, 1.54) is 11.3 Å². The van der Waals surface area contributed by atoms with Gasteiger partial charge in [-0.3, -0.25) is 0 Å². The standard InChI is InChI=1S/C12H13ClN2OS/c1-8-4-2-3-5-9(8)15-10(7-16)12-14-6-11(13)17-12/h2-6,10,15-16H,7H2,1H3. The molecule has 1 heterocycles. The lowest BCUT2D eigenvalue weighted by atomic mass is 10.2. The lowest BCUT2D eigenvalue weighted by Crippen LogP contribution is -2.15. The Morgan fingerprint density at radius 2 is 2.24 bits per heavy atom. The van der Waals surface area contributed by atoms with Crippen molar-refractivity contribution in [1.82, 2.24) is 4.98 Å². The van der Waals surface area contributed by atoms with Crippen LogP contribution in [0, 0.1) is 6.92 Å². The lowest BCUT2D eigenvalue weighted by Gasteiger charge is -2.16. The van der Waals surface area contributed by atoms with Crippen molar-refractivity contribution in [2.75, 3.05) is 11.9 Å². The summed E-state index contributed by atoms with van der Waals surface area (Å²) in [4.78, 5) is 4.18. The second-order valence-corrected chi connectivity index (χ2v) is 5.39. The van der Waals surface area contributed by atoms with E-state index in [-0.39, 0.29) is 12.6 Å². The van der Waals surface area contributed by atoms with Gasteiger partial charge in [0.05, 0.1) is 12.8 Å². The minimum atomic E-state index is -0.214. The van der Waals surface area contributed by atoms with E-state index in [9.17, 15) is 5.11 Å². The van der Waals surface area contributed by atoms with E-state index < -0.39 is 0 Å². The molecule has 2 rings (SSSR count). The van der Waals surface area contributed by atoms with Crippen LogP contribution in [0.3, 0.4) is 0 Å². The first kappa shape index (κ1) is 12.4. The second kappa shape index (κ2) is 5.49. The van der Waals surface area contributed by atoms with Crippen LogP contribution in [0.5, 0.6) is 0 Å². The van der Waals surface area contributed by atoms with Crippen molar-refractivity contribution in [3.8, 4) is 0 Å². The minimum Gasteiger partial charge on any atom is -0.394 e. The molecular formula is C12H13ClN2OS. The Hall–Kier alpha value is -1.10. The van der Waals surface area contributed by atoms with Gasteiger partial charge in [-0.25, -0.2) is 4.98 Å². The third kappa shape index (κ3) is 2.97. The summed E-state index contributed by atoms with van der Waals surface area (Å²) in [6.07, 6.45) is 1.60. The van der Waals surface area contributed by atoms with Crippen LogP contribution in [0.4, 0.5) is 5.69 Å². The maximum Gasteiger partial charge on any atom is 0.119 e. The van der Waals surface area contributed by atoms with Crippen molar-refractivity contribution in [2.45, 2.75) is 13.0 Å². The number of aromatic nitrogens is 1. The quantitative estimate of drug-likeness (QED) is 0.895. The number of para-hydroxylation sites is 1. The van der Waals surface area contributed by atoms with Gasteiger partial charge in [0.2, 0.25) is 0 Å². The van der Waals surface area contributed by atoms with Crippen LogP contribution in [0.2, 0.25) is 4.34 Å². The zero-order chi connectivity index (χ0) is 12.3. The first-order chi connectivity index (χ1) is 8.20. The van der Waals surface area contributed by atoms with E-state index in [1.807, 2.05) is 31.2 Å². The summed E-state index contributed by atoms with van der Waals surface area (Å²) >= 11 is 7.22. The smallest absolute Gasteiger partial charge is 0.119 e. The number of thiazole rings is 1. The first-order valence-electron chi connectivity index (χ1n) is 5.25. The summed E-state index contributed by atoms with van der Waals surface area (Å²) in [5.74, 6) is 0. The van der Waals surface area contributed by atoms with Crippen LogP contribution >= 0.6 is 22.9 Å². The Labute approximate surface area is 109 Å². The average Bonchev–Trinajstić information content (AvgIpc) is 2.75. The van der Waals surface area contributed by atoms with Gasteiger partial charge in [0.15, 0.2) is 0 Å². The number of aliphatic hydroxyl groups is 1. The molecule has 3 nitrogen and oxygen atoms in total. The van der Waals surface area contributed by atoms with Crippen LogP contribution < -0.4 is 5.32 Å². The van der Waals surface area contributed by atoms with E-state index in [1.54, 1.807) is 6.20 Å². The number of anilines is 1. The normalized spacial score (nSPS) is 12.4. The van der Waals surface area contributed by atoms with Crippen molar-refractivity contribution in [1.29, 1.82) is 0 Å². The van der Waals surface area contributed by atoms with E-state index in [0.717, 1.165) is 16.3 Å². The number of halogens is 1. The van der Waals surface area contributed by atoms with Crippen LogP contribution in [0.1, 0.15) is 16.6 Å². The molecule has 0 bridgehead atoms. The molecule has 2 N–H and O–H groups in total. The molecule has 0 fully saturated rings. The Morgan fingerprint density at radius 3 is 2.82 bits per heavy atom. The van der Waals surface area contributed by atoms with Gasteiger partial charge in [-0.1, -0.05) is 29.8 Å². The third-order valence-corrected chi connectivity index (χ3v) is 3.68. The maximum atomic E-state index is 9.40. The number of benzene rings is 1. The molecule has 0 aliphatic heterocycles. The molecule has 17 heavy (non-hydrogen) atoms. The summed E-state index contributed by atoms with van der Waals surface area (Å²) < 4.78 is 0.630. The van der Waals surface area contributed by atoms with Gasteiger partial charge < -0.3 is 10.4 Å². The van der Waals surface area contributed by atoms with E-state index >= 15 is 0 Å². The van der Waals surface area contributed by atoms with Gasteiger partial charge in [-0.2, -0.15) is 0 Å². The Bertz CT molecular complexity index is 501. The van der Waals surface area contributed by atoms with Gasteiger partial charge in [-0.15, -0.1) is 11.3 Å². The predicted molar refractivity (Wildman–Crippen MR) is 71.8 cm³/mol. The molecule has 0 radical (unpaired) electrons. The van der Waals surface area contributed by atoms with Crippen LogP contribution in [0.25, 0.3) is 0 Å². The molecule has 0 saturated heterocycles. The van der Waals surface area contributed by atoms with E-state index in [0.29, 0.717) is 4.34 Å². The lowest BCUT2D eigenvalue weighted by molar-refractivity contribution is 0.276. The van der Waals surface area contributed by atoms with E-state index in [2.05, 4.69) is 10.3 Å².